The van der Waals surface area contributed by atoms with E-state index in [2.05, 4.69) is 32.7 Å². The van der Waals surface area contributed by atoms with Gasteiger partial charge in [-0.2, -0.15) is 0 Å². The summed E-state index contributed by atoms with van der Waals surface area (Å²) in [5.41, 5.74) is 0.593. The second-order valence-electron chi connectivity index (χ2n) is 8.56. The van der Waals surface area contributed by atoms with E-state index in [1.165, 1.54) is 51.4 Å². The molecule has 0 spiro atoms. The lowest BCUT2D eigenvalue weighted by molar-refractivity contribution is -0.160. The Morgan fingerprint density at radius 3 is 1.78 bits per heavy atom. The van der Waals surface area contributed by atoms with Gasteiger partial charge in [0.05, 0.1) is 0 Å². The van der Waals surface area contributed by atoms with Gasteiger partial charge in [0.15, 0.2) is 5.92 Å². The van der Waals surface area contributed by atoms with E-state index in [0.29, 0.717) is 25.1 Å². The van der Waals surface area contributed by atoms with Gasteiger partial charge in [0.1, 0.15) is 13.2 Å². The van der Waals surface area contributed by atoms with Crippen LogP contribution in [-0.2, 0) is 19.1 Å². The molecule has 32 heavy (non-hydrogen) atoms. The summed E-state index contributed by atoms with van der Waals surface area (Å²) in [6.45, 7) is 12.2. The van der Waals surface area contributed by atoms with Crippen LogP contribution in [0.4, 0.5) is 0 Å². The maximum atomic E-state index is 12.5. The summed E-state index contributed by atoms with van der Waals surface area (Å²) in [4.78, 5) is 26.8. The molecule has 0 saturated heterocycles. The highest BCUT2D eigenvalue weighted by atomic mass is 16.6. The topological polar surface area (TPSA) is 67.9 Å². The minimum Gasteiger partial charge on any atom is -0.463 e. The van der Waals surface area contributed by atoms with Crippen molar-refractivity contribution >= 4 is 11.9 Å². The van der Waals surface area contributed by atoms with E-state index >= 15 is 0 Å². The molecule has 190 valence electrons. The Bertz CT molecular complexity index is 465. The van der Waals surface area contributed by atoms with E-state index in [1.54, 1.807) is 7.05 Å². The number of esters is 2. The van der Waals surface area contributed by atoms with Gasteiger partial charge in [-0.05, 0) is 34.0 Å². The molecule has 1 N–H and O–H groups in total. The minimum absolute atomic E-state index is 0.224. The molecule has 0 radical (unpaired) electrons. The van der Waals surface area contributed by atoms with Crippen molar-refractivity contribution in [3.05, 3.63) is 12.2 Å². The predicted molar refractivity (Wildman–Crippen MR) is 135 cm³/mol. The van der Waals surface area contributed by atoms with E-state index in [9.17, 15) is 9.59 Å². The third-order valence-corrected chi connectivity index (χ3v) is 5.11. The Balaban J connectivity index is 0. The van der Waals surface area contributed by atoms with Gasteiger partial charge in [0.25, 0.3) is 0 Å². The summed E-state index contributed by atoms with van der Waals surface area (Å²) < 4.78 is 10.5. The smallest absolute Gasteiger partial charge is 0.324 e. The van der Waals surface area contributed by atoms with E-state index in [0.717, 1.165) is 12.8 Å². The van der Waals surface area contributed by atoms with Crippen molar-refractivity contribution in [3.63, 3.8) is 0 Å². The van der Waals surface area contributed by atoms with Crippen LogP contribution in [-0.4, -0.2) is 64.3 Å². The standard InChI is InChI=1S/C22H42N2O4.C4H10/c1-6-7-8-9-10-11-12-13-14-19(2)20(21(25)27-17-15-23-3)22(26)28-18-16-24(4)5;1-3-4-2/h20,23H,2,6-18H2,1,3-5H3;3-4H2,1-2H3. The third kappa shape index (κ3) is 20.5. The monoisotopic (exact) mass is 456 g/mol. The molecule has 0 aliphatic carbocycles. The maximum absolute atomic E-state index is 12.5. The number of likely N-dealkylation sites (N-methyl/N-ethyl adjacent to an activating group) is 2. The largest absolute Gasteiger partial charge is 0.463 e. The fraction of sp³-hybridized carbons (Fsp3) is 0.846. The second-order valence-corrected chi connectivity index (χ2v) is 8.56. The van der Waals surface area contributed by atoms with Crippen molar-refractivity contribution in [1.82, 2.24) is 10.2 Å². The molecule has 0 rings (SSSR count). The lowest BCUT2D eigenvalue weighted by Gasteiger charge is -2.18. The number of carbonyl (C=O) groups excluding carboxylic acids is 2. The van der Waals surface area contributed by atoms with Gasteiger partial charge in [-0.1, -0.05) is 90.7 Å². The first-order valence-corrected chi connectivity index (χ1v) is 12.7. The lowest BCUT2D eigenvalue weighted by Crippen LogP contribution is -2.32. The van der Waals surface area contributed by atoms with Crippen LogP contribution in [0.3, 0.4) is 0 Å². The van der Waals surface area contributed by atoms with Crippen molar-refractivity contribution in [1.29, 1.82) is 0 Å². The van der Waals surface area contributed by atoms with Gasteiger partial charge in [-0.25, -0.2) is 0 Å². The van der Waals surface area contributed by atoms with Crippen molar-refractivity contribution < 1.29 is 19.1 Å². The predicted octanol–water partition coefficient (Wildman–Crippen LogP) is 5.36. The van der Waals surface area contributed by atoms with E-state index in [1.807, 2.05) is 19.0 Å². The van der Waals surface area contributed by atoms with Crippen LogP contribution >= 0.6 is 0 Å². The molecular formula is C26H52N2O4. The Kier molecular flexibility index (Phi) is 24.8. The van der Waals surface area contributed by atoms with Crippen molar-refractivity contribution in [2.45, 2.75) is 91.4 Å². The summed E-state index contributed by atoms with van der Waals surface area (Å²) in [6.07, 6.45) is 12.9. The van der Waals surface area contributed by atoms with Crippen LogP contribution in [0.25, 0.3) is 0 Å². The third-order valence-electron chi connectivity index (χ3n) is 5.11. The van der Waals surface area contributed by atoms with Crippen LogP contribution < -0.4 is 5.32 Å². The summed E-state index contributed by atoms with van der Waals surface area (Å²) in [5, 5.41) is 2.91. The molecular weight excluding hydrogens is 404 g/mol. The van der Waals surface area contributed by atoms with Gasteiger partial charge in [-0.3, -0.25) is 9.59 Å². The first-order chi connectivity index (χ1) is 15.3. The quantitative estimate of drug-likeness (QED) is 0.122. The van der Waals surface area contributed by atoms with Crippen LogP contribution in [0.15, 0.2) is 12.2 Å². The fourth-order valence-corrected chi connectivity index (χ4v) is 2.81. The number of rotatable bonds is 19. The highest BCUT2D eigenvalue weighted by Gasteiger charge is 2.32. The number of unbranched alkanes of at least 4 members (excludes halogenated alkanes) is 8. The van der Waals surface area contributed by atoms with Gasteiger partial charge < -0.3 is 19.7 Å². The van der Waals surface area contributed by atoms with E-state index in [-0.39, 0.29) is 13.2 Å². The zero-order chi connectivity index (χ0) is 24.6. The Hall–Kier alpha value is -1.40. The Morgan fingerprint density at radius 1 is 0.812 bits per heavy atom. The highest BCUT2D eigenvalue weighted by molar-refractivity contribution is 5.98. The van der Waals surface area contributed by atoms with Gasteiger partial charge in [-0.15, -0.1) is 0 Å². The molecule has 0 fully saturated rings. The average molecular weight is 457 g/mol. The SMILES string of the molecule is C=C(CCCCCCCCCC)C(C(=O)OCCNC)C(=O)OCCN(C)C.CCCC. The van der Waals surface area contributed by atoms with E-state index in [4.69, 9.17) is 9.47 Å². The minimum atomic E-state index is -1.02. The first kappa shape index (κ1) is 32.8. The summed E-state index contributed by atoms with van der Waals surface area (Å²) in [6, 6.07) is 0. The van der Waals surface area contributed by atoms with Crippen LogP contribution in [0.5, 0.6) is 0 Å². The molecule has 0 aromatic carbocycles. The van der Waals surface area contributed by atoms with Crippen molar-refractivity contribution in [2.75, 3.05) is 47.4 Å². The lowest BCUT2D eigenvalue weighted by atomic mass is 9.95. The molecule has 0 heterocycles. The zero-order valence-corrected chi connectivity index (χ0v) is 22.0. The molecule has 0 bridgehead atoms. The molecule has 0 aliphatic heterocycles. The molecule has 0 aliphatic rings. The normalized spacial score (nSPS) is 11.5. The fourth-order valence-electron chi connectivity index (χ4n) is 2.81. The summed E-state index contributed by atoms with van der Waals surface area (Å²) >= 11 is 0. The summed E-state index contributed by atoms with van der Waals surface area (Å²) in [5.74, 6) is -2.14. The molecule has 6 nitrogen and oxygen atoms in total. The molecule has 0 amide bonds. The Morgan fingerprint density at radius 2 is 1.31 bits per heavy atom. The van der Waals surface area contributed by atoms with Crippen molar-refractivity contribution in [2.24, 2.45) is 5.92 Å². The average Bonchev–Trinajstić information content (AvgIpc) is 2.75. The number of hydrogen-bond donors (Lipinski definition) is 1. The number of nitrogens with zero attached hydrogens (tertiary/aromatic N) is 1. The van der Waals surface area contributed by atoms with E-state index < -0.39 is 17.9 Å². The Labute approximate surface area is 198 Å². The van der Waals surface area contributed by atoms with Crippen LogP contribution in [0.2, 0.25) is 0 Å². The summed E-state index contributed by atoms with van der Waals surface area (Å²) in [7, 11) is 5.58. The van der Waals surface area contributed by atoms with Crippen LogP contribution in [0.1, 0.15) is 91.4 Å². The van der Waals surface area contributed by atoms with Gasteiger partial charge >= 0.3 is 11.9 Å². The maximum Gasteiger partial charge on any atom is 0.324 e. The molecule has 6 heteroatoms. The second kappa shape index (κ2) is 24.2. The first-order valence-electron chi connectivity index (χ1n) is 12.7. The number of nitrogens with one attached hydrogen (secondary N) is 1. The molecule has 0 saturated carbocycles. The van der Waals surface area contributed by atoms with Crippen LogP contribution in [0, 0.1) is 5.92 Å². The molecule has 1 unspecified atom stereocenters. The molecule has 1 atom stereocenters. The van der Waals surface area contributed by atoms with Gasteiger partial charge in [0, 0.05) is 13.1 Å². The molecule has 0 aromatic rings. The highest BCUT2D eigenvalue weighted by Crippen LogP contribution is 2.21. The zero-order valence-electron chi connectivity index (χ0n) is 22.0. The van der Waals surface area contributed by atoms with Crippen molar-refractivity contribution in [3.8, 4) is 0 Å². The number of carbonyl (C=O) groups is 2. The number of hydrogen-bond acceptors (Lipinski definition) is 6. The number of ether oxygens (including phenoxy) is 2. The molecule has 0 aromatic heterocycles. The van der Waals surface area contributed by atoms with Gasteiger partial charge in [0.2, 0.25) is 0 Å².